The van der Waals surface area contributed by atoms with E-state index in [4.69, 9.17) is 18.6 Å². The lowest BCUT2D eigenvalue weighted by atomic mass is 10.1. The minimum absolute atomic E-state index is 0.0957. The summed E-state index contributed by atoms with van der Waals surface area (Å²) in [5.41, 5.74) is 2.32. The zero-order valence-corrected chi connectivity index (χ0v) is 22.6. The lowest BCUT2D eigenvalue weighted by Crippen LogP contribution is -2.11. The van der Waals surface area contributed by atoms with Gasteiger partial charge in [0, 0.05) is 0 Å². The third kappa shape index (κ3) is 9.80. The molecule has 0 spiro atoms. The maximum absolute atomic E-state index is 13.0. The molecule has 5 nitrogen and oxygen atoms in total. The van der Waals surface area contributed by atoms with Gasteiger partial charge in [-0.1, -0.05) is 61.4 Å². The first-order chi connectivity index (χ1) is 17.5. The smallest absolute Gasteiger partial charge is 0.383 e. The number of allylic oxidation sites excluding steroid dienone is 5. The van der Waals surface area contributed by atoms with Crippen LogP contribution >= 0.6 is 0 Å². The Balaban J connectivity index is 2.29. The zero-order chi connectivity index (χ0) is 26.2. The van der Waals surface area contributed by atoms with Gasteiger partial charge in [-0.3, -0.25) is 0 Å². The van der Waals surface area contributed by atoms with E-state index in [1.807, 2.05) is 24.3 Å². The Morgan fingerprint density at radius 2 is 1.53 bits per heavy atom. The highest BCUT2D eigenvalue weighted by atomic mass is 16.5. The maximum atomic E-state index is 13.0. The summed E-state index contributed by atoms with van der Waals surface area (Å²) in [6.07, 6.45) is 18.0. The number of ether oxygens (including phenoxy) is 3. The summed E-state index contributed by atoms with van der Waals surface area (Å²) in [6, 6.07) is 5.55. The molecule has 0 aliphatic heterocycles. The van der Waals surface area contributed by atoms with E-state index in [1.165, 1.54) is 11.1 Å². The van der Waals surface area contributed by atoms with E-state index >= 15 is 0 Å². The second kappa shape index (κ2) is 16.5. The van der Waals surface area contributed by atoms with Gasteiger partial charge in [-0.2, -0.15) is 0 Å². The van der Waals surface area contributed by atoms with E-state index in [0.717, 1.165) is 38.5 Å². The maximum Gasteiger partial charge on any atom is 0.383 e. The first-order valence-electron chi connectivity index (χ1n) is 13.0. The van der Waals surface area contributed by atoms with E-state index in [0.29, 0.717) is 35.7 Å². The normalized spacial score (nSPS) is 12.0. The third-order valence-corrected chi connectivity index (χ3v) is 5.44. The topological polar surface area (TPSA) is 57.9 Å². The summed E-state index contributed by atoms with van der Waals surface area (Å²) in [7, 11) is 0. The molecular formula is C31H42O5. The molecule has 36 heavy (non-hydrogen) atoms. The van der Waals surface area contributed by atoms with Gasteiger partial charge in [0.25, 0.3) is 0 Å². The van der Waals surface area contributed by atoms with Crippen molar-refractivity contribution in [3.05, 3.63) is 76.2 Å². The molecule has 5 heteroatoms. The first-order valence-corrected chi connectivity index (χ1v) is 13.0. The first kappa shape index (κ1) is 29.0. The molecule has 0 amide bonds. The molecule has 0 radical (unpaired) electrons. The number of rotatable bonds is 16. The lowest BCUT2D eigenvalue weighted by Gasteiger charge is -2.14. The van der Waals surface area contributed by atoms with Crippen molar-refractivity contribution in [3.8, 4) is 17.2 Å². The van der Waals surface area contributed by atoms with Crippen LogP contribution in [0.2, 0.25) is 0 Å². The van der Waals surface area contributed by atoms with E-state index < -0.39 is 5.63 Å². The van der Waals surface area contributed by atoms with Gasteiger partial charge in [0.05, 0.1) is 18.6 Å². The highest BCUT2D eigenvalue weighted by Crippen LogP contribution is 2.37. The molecule has 1 aromatic carbocycles. The summed E-state index contributed by atoms with van der Waals surface area (Å²) in [4.78, 5) is 13.0. The Kier molecular flexibility index (Phi) is 13.3. The van der Waals surface area contributed by atoms with Crippen molar-refractivity contribution < 1.29 is 18.6 Å². The number of fused-ring (bicyclic) bond motifs is 1. The van der Waals surface area contributed by atoms with Gasteiger partial charge in [-0.15, -0.1) is 0 Å². The van der Waals surface area contributed by atoms with Crippen LogP contribution in [0.5, 0.6) is 17.2 Å². The van der Waals surface area contributed by atoms with Crippen LogP contribution in [0.15, 0.2) is 75.0 Å². The molecule has 0 aliphatic carbocycles. The van der Waals surface area contributed by atoms with Gasteiger partial charge < -0.3 is 18.6 Å². The highest BCUT2D eigenvalue weighted by molar-refractivity contribution is 5.89. The molecule has 0 bridgehead atoms. The summed E-state index contributed by atoms with van der Waals surface area (Å²) < 4.78 is 23.7. The van der Waals surface area contributed by atoms with E-state index in [1.54, 1.807) is 0 Å². The summed E-state index contributed by atoms with van der Waals surface area (Å²) >= 11 is 0. The number of hydrogen-bond donors (Lipinski definition) is 0. The minimum atomic E-state index is -0.570. The van der Waals surface area contributed by atoms with Gasteiger partial charge in [0.15, 0.2) is 17.1 Å². The summed E-state index contributed by atoms with van der Waals surface area (Å²) in [6.45, 7) is 11.6. The standard InChI is InChI=1S/C31H42O5/c1-6-8-10-12-21-33-27-19-15-18-26-28(27)36-31(32)30(29(26)34-22-13-11-9-7-2)35-23-20-25(5)17-14-16-24(3)4/h8-11,15-16,18-20H,6-7,12-14,17,21-23H2,1-5H3. The zero-order valence-electron chi connectivity index (χ0n) is 22.6. The number of benzene rings is 1. The molecule has 0 N–H and O–H groups in total. The number of hydrogen-bond acceptors (Lipinski definition) is 5. The second-order valence-corrected chi connectivity index (χ2v) is 8.90. The predicted octanol–water partition coefficient (Wildman–Crippen LogP) is 8.33. The van der Waals surface area contributed by atoms with Gasteiger partial charge in [-0.05, 0) is 77.5 Å². The summed E-state index contributed by atoms with van der Waals surface area (Å²) in [5, 5.41) is 0.662. The van der Waals surface area contributed by atoms with Crippen LogP contribution in [0.4, 0.5) is 0 Å². The molecule has 0 fully saturated rings. The van der Waals surface area contributed by atoms with Crippen LogP contribution in [0.1, 0.15) is 73.1 Å². The fourth-order valence-electron chi connectivity index (χ4n) is 3.53. The molecular weight excluding hydrogens is 452 g/mol. The quantitative estimate of drug-likeness (QED) is 0.133. The molecule has 0 saturated carbocycles. The Morgan fingerprint density at radius 1 is 0.833 bits per heavy atom. The van der Waals surface area contributed by atoms with Crippen LogP contribution in [-0.4, -0.2) is 19.8 Å². The molecule has 0 unspecified atom stereocenters. The van der Waals surface area contributed by atoms with E-state index in [2.05, 4.69) is 65.0 Å². The van der Waals surface area contributed by atoms with Crippen molar-refractivity contribution in [2.24, 2.45) is 0 Å². The van der Waals surface area contributed by atoms with Crippen LogP contribution in [-0.2, 0) is 0 Å². The van der Waals surface area contributed by atoms with Gasteiger partial charge >= 0.3 is 5.63 Å². The molecule has 1 heterocycles. The van der Waals surface area contributed by atoms with Gasteiger partial charge in [0.1, 0.15) is 6.61 Å². The van der Waals surface area contributed by atoms with E-state index in [-0.39, 0.29) is 12.4 Å². The van der Waals surface area contributed by atoms with Crippen molar-refractivity contribution in [2.75, 3.05) is 19.8 Å². The average Bonchev–Trinajstić information content (AvgIpc) is 2.85. The average molecular weight is 495 g/mol. The van der Waals surface area contributed by atoms with Crippen molar-refractivity contribution in [3.63, 3.8) is 0 Å². The third-order valence-electron chi connectivity index (χ3n) is 5.44. The highest BCUT2D eigenvalue weighted by Gasteiger charge is 2.20. The monoisotopic (exact) mass is 494 g/mol. The predicted molar refractivity (Wildman–Crippen MR) is 149 cm³/mol. The minimum Gasteiger partial charge on any atom is -0.489 e. The van der Waals surface area contributed by atoms with Gasteiger partial charge in [0.2, 0.25) is 5.75 Å². The molecule has 2 aromatic rings. The number of para-hydroxylation sites is 1. The van der Waals surface area contributed by atoms with Crippen LogP contribution in [0.25, 0.3) is 11.0 Å². The van der Waals surface area contributed by atoms with Crippen molar-refractivity contribution >= 4 is 11.0 Å². The second-order valence-electron chi connectivity index (χ2n) is 8.90. The molecule has 0 aliphatic rings. The Labute approximate surface area is 216 Å². The lowest BCUT2D eigenvalue weighted by molar-refractivity contribution is 0.277. The fraction of sp³-hybridized carbons (Fsp3) is 0.452. The molecule has 0 atom stereocenters. The Bertz CT molecular complexity index is 1110. The largest absolute Gasteiger partial charge is 0.489 e. The van der Waals surface area contributed by atoms with Crippen molar-refractivity contribution in [1.29, 1.82) is 0 Å². The van der Waals surface area contributed by atoms with E-state index in [9.17, 15) is 4.79 Å². The van der Waals surface area contributed by atoms with Crippen molar-refractivity contribution in [2.45, 2.75) is 73.1 Å². The molecule has 196 valence electrons. The molecule has 1 aromatic heterocycles. The Morgan fingerprint density at radius 3 is 2.19 bits per heavy atom. The van der Waals surface area contributed by atoms with Gasteiger partial charge in [-0.25, -0.2) is 4.79 Å². The molecule has 0 saturated heterocycles. The fourth-order valence-corrected chi connectivity index (χ4v) is 3.53. The molecule has 2 rings (SSSR count). The SMILES string of the molecule is CCC=CCCOc1c(OCC=C(C)CCC=C(C)C)c(=O)oc2c(OCCC=CCC)cccc12. The van der Waals surface area contributed by atoms with Crippen LogP contribution < -0.4 is 19.8 Å². The van der Waals surface area contributed by atoms with Crippen molar-refractivity contribution in [1.82, 2.24) is 0 Å². The Hall–Kier alpha value is -3.21. The van der Waals surface area contributed by atoms with Crippen LogP contribution in [0.3, 0.4) is 0 Å². The summed E-state index contributed by atoms with van der Waals surface area (Å²) in [5.74, 6) is 1.02. The van der Waals surface area contributed by atoms with Crippen LogP contribution in [0, 0.1) is 0 Å².